The van der Waals surface area contributed by atoms with E-state index in [0.29, 0.717) is 0 Å². The van der Waals surface area contributed by atoms with E-state index in [2.05, 4.69) is 28.8 Å². The molecule has 0 aliphatic rings. The first-order valence-corrected chi connectivity index (χ1v) is 10.1. The van der Waals surface area contributed by atoms with Gasteiger partial charge in [-0.05, 0) is 23.3 Å². The summed E-state index contributed by atoms with van der Waals surface area (Å²) < 4.78 is 2.10. The lowest BCUT2D eigenvalue weighted by Gasteiger charge is -2.12. The Morgan fingerprint density at radius 2 is 1.43 bits per heavy atom. The average Bonchev–Trinajstić information content (AvgIpc) is 3.05. The van der Waals surface area contributed by atoms with Crippen molar-refractivity contribution in [3.63, 3.8) is 0 Å². The third kappa shape index (κ3) is 4.03. The fraction of sp³-hybridized carbons (Fsp3) is 0.125. The van der Waals surface area contributed by atoms with E-state index < -0.39 is 6.10 Å². The largest absolute Gasteiger partial charge is 0.382 e. The first-order chi connectivity index (χ1) is 13.7. The minimum absolute atomic E-state index is 0.719. The van der Waals surface area contributed by atoms with Crippen LogP contribution in [0, 0.1) is 0 Å². The molecule has 0 aliphatic heterocycles. The smallest absolute Gasteiger partial charge is 0.173 e. The highest BCUT2D eigenvalue weighted by Gasteiger charge is 2.23. The first kappa shape index (κ1) is 18.5. The predicted molar refractivity (Wildman–Crippen MR) is 114 cm³/mol. The SMILES string of the molecule is Cn1c(Sc2ccccc2)nc(C(O)c2ccccc2)c1Cc1ccccc1. The third-order valence-corrected chi connectivity index (χ3v) is 5.80. The van der Waals surface area contributed by atoms with Crippen molar-refractivity contribution in [1.29, 1.82) is 0 Å². The van der Waals surface area contributed by atoms with Crippen molar-refractivity contribution in [1.82, 2.24) is 9.55 Å². The van der Waals surface area contributed by atoms with E-state index >= 15 is 0 Å². The molecule has 4 heteroatoms. The van der Waals surface area contributed by atoms with Crippen LogP contribution < -0.4 is 0 Å². The molecule has 4 aromatic rings. The number of benzene rings is 3. The van der Waals surface area contributed by atoms with E-state index in [-0.39, 0.29) is 0 Å². The normalized spacial score (nSPS) is 12.1. The van der Waals surface area contributed by atoms with Crippen LogP contribution in [0.15, 0.2) is 101 Å². The lowest BCUT2D eigenvalue weighted by atomic mass is 10.0. The molecule has 1 N–H and O–H groups in total. The van der Waals surface area contributed by atoms with Crippen molar-refractivity contribution < 1.29 is 5.11 Å². The lowest BCUT2D eigenvalue weighted by molar-refractivity contribution is 0.214. The number of aromatic nitrogens is 2. The molecule has 1 atom stereocenters. The molecule has 1 heterocycles. The number of aliphatic hydroxyl groups excluding tert-OH is 1. The molecule has 0 aliphatic carbocycles. The van der Waals surface area contributed by atoms with E-state index in [4.69, 9.17) is 4.98 Å². The van der Waals surface area contributed by atoms with Crippen molar-refractivity contribution in [2.45, 2.75) is 22.6 Å². The summed E-state index contributed by atoms with van der Waals surface area (Å²) in [4.78, 5) is 5.98. The number of hydrogen-bond donors (Lipinski definition) is 1. The molecule has 0 amide bonds. The second-order valence-corrected chi connectivity index (χ2v) is 7.72. The molecule has 0 saturated carbocycles. The van der Waals surface area contributed by atoms with Crippen molar-refractivity contribution in [3.8, 4) is 0 Å². The van der Waals surface area contributed by atoms with Gasteiger partial charge in [0.15, 0.2) is 5.16 Å². The molecule has 140 valence electrons. The molecular weight excluding hydrogens is 364 g/mol. The third-order valence-electron chi connectivity index (χ3n) is 4.74. The minimum atomic E-state index is -0.753. The van der Waals surface area contributed by atoms with Crippen LogP contribution in [0.25, 0.3) is 0 Å². The summed E-state index contributed by atoms with van der Waals surface area (Å²) in [7, 11) is 2.03. The monoisotopic (exact) mass is 386 g/mol. The van der Waals surface area contributed by atoms with Gasteiger partial charge in [-0.1, -0.05) is 90.6 Å². The van der Waals surface area contributed by atoms with Crippen LogP contribution in [0.2, 0.25) is 0 Å². The number of nitrogens with zero attached hydrogens (tertiary/aromatic N) is 2. The highest BCUT2D eigenvalue weighted by atomic mass is 32.2. The Morgan fingerprint density at radius 3 is 2.07 bits per heavy atom. The fourth-order valence-electron chi connectivity index (χ4n) is 3.23. The molecule has 4 rings (SSSR count). The summed E-state index contributed by atoms with van der Waals surface area (Å²) in [6.07, 6.45) is -0.0323. The molecule has 0 fully saturated rings. The quantitative estimate of drug-likeness (QED) is 0.492. The van der Waals surface area contributed by atoms with Gasteiger partial charge in [0.05, 0.1) is 5.69 Å². The molecule has 0 saturated heterocycles. The van der Waals surface area contributed by atoms with Crippen LogP contribution in [-0.4, -0.2) is 14.7 Å². The molecule has 0 bridgehead atoms. The number of rotatable bonds is 6. The molecule has 0 spiro atoms. The zero-order valence-electron chi connectivity index (χ0n) is 15.7. The van der Waals surface area contributed by atoms with Gasteiger partial charge in [-0.2, -0.15) is 0 Å². The zero-order valence-corrected chi connectivity index (χ0v) is 16.5. The lowest BCUT2D eigenvalue weighted by Crippen LogP contribution is -2.07. The van der Waals surface area contributed by atoms with E-state index in [1.807, 2.05) is 73.8 Å². The van der Waals surface area contributed by atoms with Crippen LogP contribution in [0.1, 0.15) is 28.6 Å². The van der Waals surface area contributed by atoms with Crippen LogP contribution in [0.4, 0.5) is 0 Å². The molecule has 1 unspecified atom stereocenters. The molecule has 1 aromatic heterocycles. The number of hydrogen-bond acceptors (Lipinski definition) is 3. The standard InChI is InChI=1S/C24H22N2OS/c1-26-21(17-18-11-5-2-6-12-18)22(23(27)19-13-7-3-8-14-19)25-24(26)28-20-15-9-4-10-16-20/h2-16,23,27H,17H2,1H3. The van der Waals surface area contributed by atoms with Gasteiger partial charge in [0, 0.05) is 24.1 Å². The molecule has 28 heavy (non-hydrogen) atoms. The maximum atomic E-state index is 11.1. The summed E-state index contributed by atoms with van der Waals surface area (Å²) in [6.45, 7) is 0. The van der Waals surface area contributed by atoms with Gasteiger partial charge in [0.25, 0.3) is 0 Å². The van der Waals surface area contributed by atoms with Crippen LogP contribution in [-0.2, 0) is 13.5 Å². The summed E-state index contributed by atoms with van der Waals surface area (Å²) in [5.41, 5.74) is 3.80. The van der Waals surface area contributed by atoms with Crippen LogP contribution in [0.5, 0.6) is 0 Å². The summed E-state index contributed by atoms with van der Waals surface area (Å²) in [6, 6.07) is 30.2. The van der Waals surface area contributed by atoms with Crippen molar-refractivity contribution in [3.05, 3.63) is 114 Å². The Labute approximate surface area is 169 Å². The highest BCUT2D eigenvalue weighted by molar-refractivity contribution is 7.99. The summed E-state index contributed by atoms with van der Waals surface area (Å²) >= 11 is 1.61. The van der Waals surface area contributed by atoms with Gasteiger partial charge in [-0.15, -0.1) is 0 Å². The second kappa shape index (κ2) is 8.46. The van der Waals surface area contributed by atoms with Crippen molar-refractivity contribution in [2.75, 3.05) is 0 Å². The number of imidazole rings is 1. The van der Waals surface area contributed by atoms with E-state index in [1.54, 1.807) is 11.8 Å². The van der Waals surface area contributed by atoms with Gasteiger partial charge < -0.3 is 9.67 Å². The minimum Gasteiger partial charge on any atom is -0.382 e. The Bertz CT molecular complexity index is 1030. The maximum absolute atomic E-state index is 11.1. The van der Waals surface area contributed by atoms with Gasteiger partial charge in [0.2, 0.25) is 0 Å². The topological polar surface area (TPSA) is 38.0 Å². The van der Waals surface area contributed by atoms with Crippen molar-refractivity contribution >= 4 is 11.8 Å². The Morgan fingerprint density at radius 1 is 0.857 bits per heavy atom. The number of aliphatic hydroxyl groups is 1. The molecule has 0 radical (unpaired) electrons. The van der Waals surface area contributed by atoms with Gasteiger partial charge in [-0.25, -0.2) is 4.98 Å². The molecular formula is C24H22N2OS. The zero-order chi connectivity index (χ0) is 19.3. The molecule has 3 nitrogen and oxygen atoms in total. The first-order valence-electron chi connectivity index (χ1n) is 9.27. The Balaban J connectivity index is 1.75. The van der Waals surface area contributed by atoms with Gasteiger partial charge in [-0.3, -0.25) is 0 Å². The van der Waals surface area contributed by atoms with Gasteiger partial charge >= 0.3 is 0 Å². The average molecular weight is 387 g/mol. The second-order valence-electron chi connectivity index (χ2n) is 6.68. The highest BCUT2D eigenvalue weighted by Crippen LogP contribution is 2.33. The molecule has 3 aromatic carbocycles. The van der Waals surface area contributed by atoms with E-state index in [1.165, 1.54) is 5.56 Å². The van der Waals surface area contributed by atoms with Crippen molar-refractivity contribution in [2.24, 2.45) is 7.05 Å². The van der Waals surface area contributed by atoms with Crippen LogP contribution in [0.3, 0.4) is 0 Å². The Hall–Kier alpha value is -2.82. The predicted octanol–water partition coefficient (Wildman–Crippen LogP) is 5.24. The maximum Gasteiger partial charge on any atom is 0.173 e. The summed E-state index contributed by atoms with van der Waals surface area (Å²) in [5, 5.41) is 11.9. The summed E-state index contributed by atoms with van der Waals surface area (Å²) in [5.74, 6) is 0. The fourth-order valence-corrected chi connectivity index (χ4v) is 4.12. The van der Waals surface area contributed by atoms with E-state index in [9.17, 15) is 5.11 Å². The Kier molecular flexibility index (Phi) is 5.60. The van der Waals surface area contributed by atoms with Gasteiger partial charge in [0.1, 0.15) is 6.10 Å². The van der Waals surface area contributed by atoms with Crippen LogP contribution >= 0.6 is 11.8 Å². The van der Waals surface area contributed by atoms with E-state index in [0.717, 1.165) is 33.4 Å².